The van der Waals surface area contributed by atoms with Crippen LogP contribution in [0.25, 0.3) is 11.1 Å². The van der Waals surface area contributed by atoms with Gasteiger partial charge in [0.25, 0.3) is 5.91 Å². The second-order valence-corrected chi connectivity index (χ2v) is 8.60. The third-order valence-corrected chi connectivity index (χ3v) is 6.08. The van der Waals surface area contributed by atoms with Crippen molar-refractivity contribution in [2.45, 2.75) is 18.8 Å². The van der Waals surface area contributed by atoms with Gasteiger partial charge in [0.15, 0.2) is 11.5 Å². The maximum atomic E-state index is 12.5. The van der Waals surface area contributed by atoms with E-state index in [1.54, 1.807) is 4.90 Å². The zero-order chi connectivity index (χ0) is 23.4. The molecule has 0 spiro atoms. The van der Waals surface area contributed by atoms with Crippen molar-refractivity contribution < 1.29 is 18.8 Å². The normalized spacial score (nSPS) is 14.3. The van der Waals surface area contributed by atoms with Crippen LogP contribution in [0.2, 0.25) is 10.0 Å². The topological polar surface area (TPSA) is 105 Å². The van der Waals surface area contributed by atoms with Crippen molar-refractivity contribution in [2.24, 2.45) is 0 Å². The molecule has 0 aliphatic carbocycles. The fourth-order valence-electron chi connectivity index (χ4n) is 3.72. The Morgan fingerprint density at radius 2 is 1.79 bits per heavy atom. The lowest BCUT2D eigenvalue weighted by molar-refractivity contribution is -0.133. The lowest BCUT2D eigenvalue weighted by Gasteiger charge is -2.30. The molecule has 1 fully saturated rings. The smallest absolute Gasteiger partial charge is 0.253 e. The number of amides is 3. The number of benzene rings is 2. The third kappa shape index (κ3) is 5.64. The summed E-state index contributed by atoms with van der Waals surface area (Å²) in [6.07, 6.45) is 1.48. The number of oxazole rings is 1. The monoisotopic (exact) mass is 488 g/mol. The van der Waals surface area contributed by atoms with Gasteiger partial charge in [-0.1, -0.05) is 35.3 Å². The number of halogens is 2. The second kappa shape index (κ2) is 10.2. The predicted molar refractivity (Wildman–Crippen MR) is 124 cm³/mol. The maximum Gasteiger partial charge on any atom is 0.253 e. The van der Waals surface area contributed by atoms with Crippen LogP contribution < -0.4 is 10.6 Å². The molecule has 0 radical (unpaired) electrons. The number of fused-ring (bicyclic) bond motifs is 1. The SMILES string of the molecule is O=C(CNC(=O)c1ccc(Cl)cc1Cl)NCC(=O)N1CCC(c2nc3ccccc3o2)CC1. The van der Waals surface area contributed by atoms with E-state index in [0.29, 0.717) is 24.0 Å². The van der Waals surface area contributed by atoms with E-state index in [0.717, 1.165) is 23.9 Å². The first kappa shape index (κ1) is 23.1. The van der Waals surface area contributed by atoms with Gasteiger partial charge in [0.05, 0.1) is 23.7 Å². The molecule has 0 saturated carbocycles. The van der Waals surface area contributed by atoms with Gasteiger partial charge in [0.1, 0.15) is 5.52 Å². The van der Waals surface area contributed by atoms with E-state index in [1.807, 2.05) is 24.3 Å². The van der Waals surface area contributed by atoms with Gasteiger partial charge in [0, 0.05) is 24.0 Å². The Kier molecular flexibility index (Phi) is 7.15. The highest BCUT2D eigenvalue weighted by Gasteiger charge is 2.27. The van der Waals surface area contributed by atoms with Crippen molar-refractivity contribution in [1.82, 2.24) is 20.5 Å². The van der Waals surface area contributed by atoms with E-state index in [9.17, 15) is 14.4 Å². The standard InChI is InChI=1S/C23H22Cl2N4O4/c24-15-5-6-16(17(25)11-15)22(32)27-12-20(30)26-13-21(31)29-9-7-14(8-10-29)23-28-18-3-1-2-4-19(18)33-23/h1-6,11,14H,7-10,12-13H2,(H,26,30)(H,27,32). The van der Waals surface area contributed by atoms with Gasteiger partial charge in [-0.15, -0.1) is 0 Å². The van der Waals surface area contributed by atoms with Gasteiger partial charge in [-0.05, 0) is 43.2 Å². The second-order valence-electron chi connectivity index (χ2n) is 7.76. The van der Waals surface area contributed by atoms with E-state index in [2.05, 4.69) is 15.6 Å². The summed E-state index contributed by atoms with van der Waals surface area (Å²) in [5.41, 5.74) is 1.81. The van der Waals surface area contributed by atoms with Crippen molar-refractivity contribution in [1.29, 1.82) is 0 Å². The lowest BCUT2D eigenvalue weighted by atomic mass is 9.97. The summed E-state index contributed by atoms with van der Waals surface area (Å²) >= 11 is 11.8. The molecule has 3 aromatic rings. The van der Waals surface area contributed by atoms with Gasteiger partial charge < -0.3 is 20.0 Å². The number of hydrogen-bond acceptors (Lipinski definition) is 5. The fourth-order valence-corrected chi connectivity index (χ4v) is 4.21. The minimum absolute atomic E-state index is 0.135. The zero-order valence-corrected chi connectivity index (χ0v) is 19.2. The van der Waals surface area contributed by atoms with Crippen LogP contribution in [0, 0.1) is 0 Å². The number of rotatable bonds is 6. The molecule has 2 N–H and O–H groups in total. The highest BCUT2D eigenvalue weighted by atomic mass is 35.5. The van der Waals surface area contributed by atoms with Gasteiger partial charge in [-0.3, -0.25) is 14.4 Å². The molecule has 0 bridgehead atoms. The summed E-state index contributed by atoms with van der Waals surface area (Å²) in [5.74, 6) is -0.284. The Hall–Kier alpha value is -3.10. The summed E-state index contributed by atoms with van der Waals surface area (Å²) in [4.78, 5) is 43.0. The Labute approximate surface area is 200 Å². The molecule has 1 aliphatic heterocycles. The van der Waals surface area contributed by atoms with Gasteiger partial charge in [-0.2, -0.15) is 0 Å². The lowest BCUT2D eigenvalue weighted by Crippen LogP contribution is -2.45. The summed E-state index contributed by atoms with van der Waals surface area (Å²) in [5, 5.41) is 5.62. The summed E-state index contributed by atoms with van der Waals surface area (Å²) < 4.78 is 5.85. The predicted octanol–water partition coefficient (Wildman–Crippen LogP) is 3.39. The quantitative estimate of drug-likeness (QED) is 0.553. The summed E-state index contributed by atoms with van der Waals surface area (Å²) in [7, 11) is 0. The largest absolute Gasteiger partial charge is 0.440 e. The minimum Gasteiger partial charge on any atom is -0.440 e. The molecule has 8 nitrogen and oxygen atoms in total. The fraction of sp³-hybridized carbons (Fsp3) is 0.304. The average Bonchev–Trinajstić information content (AvgIpc) is 3.25. The van der Waals surface area contributed by atoms with E-state index in [4.69, 9.17) is 27.6 Å². The Morgan fingerprint density at radius 1 is 1.03 bits per heavy atom. The number of carbonyl (C=O) groups excluding carboxylic acids is 3. The molecule has 1 aromatic heterocycles. The van der Waals surface area contributed by atoms with Gasteiger partial charge >= 0.3 is 0 Å². The molecule has 1 saturated heterocycles. The van der Waals surface area contributed by atoms with Crippen LogP contribution in [0.3, 0.4) is 0 Å². The Balaban J connectivity index is 1.20. The number of para-hydroxylation sites is 2. The average molecular weight is 489 g/mol. The number of aromatic nitrogens is 1. The molecule has 172 valence electrons. The third-order valence-electron chi connectivity index (χ3n) is 5.53. The molecule has 3 amide bonds. The van der Waals surface area contributed by atoms with Crippen molar-refractivity contribution in [3.05, 3.63) is 64.0 Å². The molecule has 0 unspecified atom stereocenters. The van der Waals surface area contributed by atoms with E-state index in [-0.39, 0.29) is 35.5 Å². The first-order chi connectivity index (χ1) is 15.9. The molecule has 4 rings (SSSR count). The number of nitrogens with zero attached hydrogens (tertiary/aromatic N) is 2. The summed E-state index contributed by atoms with van der Waals surface area (Å²) in [6, 6.07) is 12.1. The van der Waals surface area contributed by atoms with Crippen molar-refractivity contribution in [2.75, 3.05) is 26.2 Å². The number of hydrogen-bond donors (Lipinski definition) is 2. The molecule has 2 aromatic carbocycles. The molecule has 10 heteroatoms. The van der Waals surface area contributed by atoms with Crippen molar-refractivity contribution >= 4 is 52.0 Å². The van der Waals surface area contributed by atoms with Crippen LogP contribution in [-0.4, -0.2) is 53.8 Å². The van der Waals surface area contributed by atoms with Crippen molar-refractivity contribution in [3.63, 3.8) is 0 Å². The Bertz CT molecular complexity index is 1160. The number of carbonyl (C=O) groups is 3. The highest BCUT2D eigenvalue weighted by molar-refractivity contribution is 6.36. The molecule has 1 aliphatic rings. The molecule has 2 heterocycles. The Morgan fingerprint density at radius 3 is 2.52 bits per heavy atom. The van der Waals surface area contributed by atoms with Crippen molar-refractivity contribution in [3.8, 4) is 0 Å². The zero-order valence-electron chi connectivity index (χ0n) is 17.6. The highest BCUT2D eigenvalue weighted by Crippen LogP contribution is 2.29. The van der Waals surface area contributed by atoms with Crippen LogP contribution >= 0.6 is 23.2 Å². The number of nitrogens with one attached hydrogen (secondary N) is 2. The first-order valence-corrected chi connectivity index (χ1v) is 11.3. The summed E-state index contributed by atoms with van der Waals surface area (Å²) in [6.45, 7) is 0.711. The van der Waals surface area contributed by atoms with Gasteiger partial charge in [0.2, 0.25) is 11.8 Å². The van der Waals surface area contributed by atoms with E-state index >= 15 is 0 Å². The first-order valence-electron chi connectivity index (χ1n) is 10.5. The number of likely N-dealkylation sites (tertiary alicyclic amines) is 1. The molecule has 33 heavy (non-hydrogen) atoms. The molecular formula is C23H22Cl2N4O4. The maximum absolute atomic E-state index is 12.5. The van der Waals surface area contributed by atoms with E-state index in [1.165, 1.54) is 18.2 Å². The van der Waals surface area contributed by atoms with Crippen LogP contribution in [0.1, 0.15) is 35.0 Å². The van der Waals surface area contributed by atoms with E-state index < -0.39 is 11.8 Å². The van der Waals surface area contributed by atoms with Gasteiger partial charge in [-0.25, -0.2) is 4.98 Å². The minimum atomic E-state index is -0.501. The van der Waals surface area contributed by atoms with Crippen LogP contribution in [0.4, 0.5) is 0 Å². The van der Waals surface area contributed by atoms with Crippen LogP contribution in [0.5, 0.6) is 0 Å². The molecular weight excluding hydrogens is 467 g/mol. The molecule has 0 atom stereocenters. The number of piperidine rings is 1. The van der Waals surface area contributed by atoms with Crippen LogP contribution in [0.15, 0.2) is 46.9 Å². The van der Waals surface area contributed by atoms with Crippen LogP contribution in [-0.2, 0) is 9.59 Å².